The summed E-state index contributed by atoms with van der Waals surface area (Å²) in [6, 6.07) is 10.3. The maximum absolute atomic E-state index is 11.1. The lowest BCUT2D eigenvalue weighted by Crippen LogP contribution is -2.44. The zero-order chi connectivity index (χ0) is 14.9. The number of aliphatic hydroxyl groups excluding tert-OH is 1. The average molecular weight is 285 g/mol. The second-order valence-electron chi connectivity index (χ2n) is 5.85. The number of nitrogens with two attached hydrogens (primary N) is 1. The molecule has 0 amide bonds. The number of aryl methyl sites for hydroxylation is 2. The van der Waals surface area contributed by atoms with Crippen molar-refractivity contribution < 1.29 is 5.11 Å². The van der Waals surface area contributed by atoms with Crippen molar-refractivity contribution in [2.45, 2.75) is 44.2 Å². The molecule has 1 heterocycles. The highest BCUT2D eigenvalue weighted by molar-refractivity contribution is 5.39. The van der Waals surface area contributed by atoms with Crippen LogP contribution >= 0.6 is 0 Å². The molecule has 4 heteroatoms. The summed E-state index contributed by atoms with van der Waals surface area (Å²) in [5.74, 6) is 0. The first kappa shape index (κ1) is 14.3. The maximum atomic E-state index is 11.1. The van der Waals surface area contributed by atoms with Crippen molar-refractivity contribution in [2.24, 2.45) is 5.73 Å². The fourth-order valence-corrected chi connectivity index (χ4v) is 3.68. The SMILES string of the molecule is CCn1nccc1C(O)C1(CN)CCCc2ccccc21. The van der Waals surface area contributed by atoms with Crippen molar-refractivity contribution in [3.8, 4) is 0 Å². The van der Waals surface area contributed by atoms with E-state index < -0.39 is 11.5 Å². The van der Waals surface area contributed by atoms with Crippen LogP contribution in [0.3, 0.4) is 0 Å². The lowest BCUT2D eigenvalue weighted by molar-refractivity contribution is 0.0640. The summed E-state index contributed by atoms with van der Waals surface area (Å²) in [4.78, 5) is 0. The Morgan fingerprint density at radius 2 is 2.19 bits per heavy atom. The summed E-state index contributed by atoms with van der Waals surface area (Å²) in [7, 11) is 0. The zero-order valence-electron chi connectivity index (χ0n) is 12.5. The Bertz CT molecular complexity index is 622. The average Bonchev–Trinajstić information content (AvgIpc) is 3.02. The molecule has 1 aromatic carbocycles. The third kappa shape index (κ3) is 2.19. The number of hydrogen-bond acceptors (Lipinski definition) is 3. The van der Waals surface area contributed by atoms with Gasteiger partial charge in [0, 0.05) is 24.7 Å². The first-order chi connectivity index (χ1) is 10.2. The van der Waals surface area contributed by atoms with Crippen molar-refractivity contribution >= 4 is 0 Å². The number of hydrogen-bond donors (Lipinski definition) is 2. The second-order valence-corrected chi connectivity index (χ2v) is 5.85. The van der Waals surface area contributed by atoms with Gasteiger partial charge in [0.05, 0.1) is 5.69 Å². The quantitative estimate of drug-likeness (QED) is 0.905. The van der Waals surface area contributed by atoms with Gasteiger partial charge in [0.15, 0.2) is 0 Å². The molecule has 112 valence electrons. The Kier molecular flexibility index (Phi) is 3.83. The van der Waals surface area contributed by atoms with E-state index in [1.165, 1.54) is 11.1 Å². The van der Waals surface area contributed by atoms with Gasteiger partial charge in [-0.15, -0.1) is 0 Å². The van der Waals surface area contributed by atoms with E-state index in [2.05, 4.69) is 23.3 Å². The molecule has 2 unspecified atom stereocenters. The summed E-state index contributed by atoms with van der Waals surface area (Å²) < 4.78 is 1.86. The highest BCUT2D eigenvalue weighted by Gasteiger charge is 2.43. The molecule has 0 bridgehead atoms. The lowest BCUT2D eigenvalue weighted by Gasteiger charge is -2.42. The van der Waals surface area contributed by atoms with Crippen molar-refractivity contribution in [3.05, 3.63) is 53.3 Å². The van der Waals surface area contributed by atoms with E-state index in [1.807, 2.05) is 23.7 Å². The molecule has 0 spiro atoms. The highest BCUT2D eigenvalue weighted by atomic mass is 16.3. The van der Waals surface area contributed by atoms with Crippen LogP contribution < -0.4 is 5.73 Å². The van der Waals surface area contributed by atoms with Gasteiger partial charge >= 0.3 is 0 Å². The summed E-state index contributed by atoms with van der Waals surface area (Å²) in [5, 5.41) is 15.4. The van der Waals surface area contributed by atoms with Gasteiger partial charge in [0.1, 0.15) is 6.10 Å². The molecule has 2 aromatic rings. The number of rotatable bonds is 4. The molecule has 1 aliphatic rings. The minimum atomic E-state index is -0.619. The van der Waals surface area contributed by atoms with E-state index in [0.29, 0.717) is 6.54 Å². The molecule has 3 N–H and O–H groups in total. The Balaban J connectivity index is 2.09. The van der Waals surface area contributed by atoms with E-state index in [4.69, 9.17) is 5.73 Å². The minimum Gasteiger partial charge on any atom is -0.386 e. The van der Waals surface area contributed by atoms with Gasteiger partial charge in [-0.1, -0.05) is 24.3 Å². The van der Waals surface area contributed by atoms with Crippen LogP contribution in [0.5, 0.6) is 0 Å². The van der Waals surface area contributed by atoms with Crippen molar-refractivity contribution in [2.75, 3.05) is 6.54 Å². The number of aliphatic hydroxyl groups is 1. The van der Waals surface area contributed by atoms with Crippen LogP contribution in [0.2, 0.25) is 0 Å². The topological polar surface area (TPSA) is 64.1 Å². The van der Waals surface area contributed by atoms with Gasteiger partial charge in [-0.05, 0) is 43.4 Å². The third-order valence-electron chi connectivity index (χ3n) is 4.84. The fourth-order valence-electron chi connectivity index (χ4n) is 3.68. The predicted octanol–water partition coefficient (Wildman–Crippen LogP) is 2.17. The smallest absolute Gasteiger partial charge is 0.106 e. The zero-order valence-corrected chi connectivity index (χ0v) is 12.5. The first-order valence-electron chi connectivity index (χ1n) is 7.71. The molecule has 1 aliphatic carbocycles. The van der Waals surface area contributed by atoms with Gasteiger partial charge in [-0.25, -0.2) is 0 Å². The van der Waals surface area contributed by atoms with Gasteiger partial charge in [-0.2, -0.15) is 5.10 Å². The van der Waals surface area contributed by atoms with Crippen LogP contribution in [0.1, 0.15) is 42.7 Å². The summed E-state index contributed by atoms with van der Waals surface area (Å²) in [6.07, 6.45) is 4.17. The second kappa shape index (κ2) is 5.62. The molecule has 0 radical (unpaired) electrons. The summed E-state index contributed by atoms with van der Waals surface area (Å²) in [5.41, 5.74) is 9.14. The Hall–Kier alpha value is -1.65. The molecule has 0 fully saturated rings. The van der Waals surface area contributed by atoms with Crippen LogP contribution in [0, 0.1) is 0 Å². The number of fused-ring (bicyclic) bond motifs is 1. The van der Waals surface area contributed by atoms with Crippen LogP contribution in [-0.2, 0) is 18.4 Å². The molecule has 21 heavy (non-hydrogen) atoms. The van der Waals surface area contributed by atoms with Crippen molar-refractivity contribution in [1.29, 1.82) is 0 Å². The van der Waals surface area contributed by atoms with Crippen molar-refractivity contribution in [1.82, 2.24) is 9.78 Å². The predicted molar refractivity (Wildman–Crippen MR) is 83.0 cm³/mol. The van der Waals surface area contributed by atoms with E-state index in [9.17, 15) is 5.11 Å². The molecule has 4 nitrogen and oxygen atoms in total. The third-order valence-corrected chi connectivity index (χ3v) is 4.84. The summed E-state index contributed by atoms with van der Waals surface area (Å²) in [6.45, 7) is 3.23. The normalized spacial score (nSPS) is 22.8. The monoisotopic (exact) mass is 285 g/mol. The van der Waals surface area contributed by atoms with Crippen LogP contribution in [0.25, 0.3) is 0 Å². The van der Waals surface area contributed by atoms with E-state index in [0.717, 1.165) is 31.5 Å². The summed E-state index contributed by atoms with van der Waals surface area (Å²) >= 11 is 0. The number of aromatic nitrogens is 2. The standard InChI is InChI=1S/C17H23N3O/c1-2-20-15(9-11-19-20)16(21)17(12-18)10-5-7-13-6-3-4-8-14(13)17/h3-4,6,8-9,11,16,21H,2,5,7,10,12,18H2,1H3. The van der Waals surface area contributed by atoms with Crippen LogP contribution in [0.4, 0.5) is 0 Å². The van der Waals surface area contributed by atoms with Gasteiger partial charge < -0.3 is 10.8 Å². The van der Waals surface area contributed by atoms with Crippen LogP contribution in [0.15, 0.2) is 36.5 Å². The first-order valence-corrected chi connectivity index (χ1v) is 7.71. The molecule has 1 aromatic heterocycles. The van der Waals surface area contributed by atoms with Gasteiger partial charge in [-0.3, -0.25) is 4.68 Å². The number of benzene rings is 1. The Morgan fingerprint density at radius 3 is 2.95 bits per heavy atom. The molecule has 3 rings (SSSR count). The lowest BCUT2D eigenvalue weighted by atomic mass is 9.66. The minimum absolute atomic E-state index is 0.401. The molecule has 2 atom stereocenters. The fraction of sp³-hybridized carbons (Fsp3) is 0.471. The molecule has 0 aliphatic heterocycles. The Morgan fingerprint density at radius 1 is 1.38 bits per heavy atom. The van der Waals surface area contributed by atoms with Gasteiger partial charge in [0.2, 0.25) is 0 Å². The van der Waals surface area contributed by atoms with Crippen molar-refractivity contribution in [3.63, 3.8) is 0 Å². The van der Waals surface area contributed by atoms with E-state index in [-0.39, 0.29) is 0 Å². The largest absolute Gasteiger partial charge is 0.386 e. The van der Waals surface area contributed by atoms with E-state index in [1.54, 1.807) is 6.20 Å². The molecule has 0 saturated heterocycles. The molecular formula is C17H23N3O. The van der Waals surface area contributed by atoms with E-state index >= 15 is 0 Å². The van der Waals surface area contributed by atoms with Crippen LogP contribution in [-0.4, -0.2) is 21.4 Å². The molecular weight excluding hydrogens is 262 g/mol. The Labute approximate surface area is 125 Å². The highest BCUT2D eigenvalue weighted by Crippen LogP contribution is 2.45. The maximum Gasteiger partial charge on any atom is 0.106 e. The van der Waals surface area contributed by atoms with Gasteiger partial charge in [0.25, 0.3) is 0 Å². The molecule has 0 saturated carbocycles. The number of nitrogens with zero attached hydrogens (tertiary/aromatic N) is 2.